The highest BCUT2D eigenvalue weighted by molar-refractivity contribution is 5.80. The third kappa shape index (κ3) is 3.09. The van der Waals surface area contributed by atoms with E-state index >= 15 is 0 Å². The Kier molecular flexibility index (Phi) is 4.76. The Morgan fingerprint density at radius 3 is 2.59 bits per heavy atom. The van der Waals surface area contributed by atoms with Gasteiger partial charge in [0, 0.05) is 31.8 Å². The van der Waals surface area contributed by atoms with Crippen LogP contribution >= 0.6 is 0 Å². The molecular formula is C17H24N2O3. The molecule has 1 N–H and O–H groups in total. The predicted molar refractivity (Wildman–Crippen MR) is 87.0 cm³/mol. The lowest BCUT2D eigenvalue weighted by molar-refractivity contribution is 0.142. The van der Waals surface area contributed by atoms with Gasteiger partial charge >= 0.3 is 6.09 Å². The molecule has 2 rings (SSSR count). The molecule has 1 amide bonds. The van der Waals surface area contributed by atoms with Gasteiger partial charge in [-0.1, -0.05) is 6.07 Å². The van der Waals surface area contributed by atoms with E-state index in [1.54, 1.807) is 21.2 Å². The number of nitrogens with one attached hydrogen (secondary N) is 1. The van der Waals surface area contributed by atoms with Gasteiger partial charge in [0.15, 0.2) is 0 Å². The van der Waals surface area contributed by atoms with E-state index in [2.05, 4.69) is 11.4 Å². The lowest BCUT2D eigenvalue weighted by Crippen LogP contribution is -2.27. The molecule has 22 heavy (non-hydrogen) atoms. The molecule has 1 aromatic rings. The molecule has 0 aliphatic carbocycles. The molecule has 1 heterocycles. The zero-order valence-corrected chi connectivity index (χ0v) is 14.1. The molecule has 1 aliphatic rings. The highest BCUT2D eigenvalue weighted by Crippen LogP contribution is 2.36. The van der Waals surface area contributed by atoms with E-state index in [0.29, 0.717) is 12.3 Å². The van der Waals surface area contributed by atoms with Crippen molar-refractivity contribution >= 4 is 11.7 Å². The first-order valence-electron chi connectivity index (χ1n) is 7.36. The third-order valence-electron chi connectivity index (χ3n) is 3.80. The summed E-state index contributed by atoms with van der Waals surface area (Å²) >= 11 is 0. The molecule has 0 saturated carbocycles. The number of amides is 1. The molecule has 1 aromatic carbocycles. The molecule has 0 fully saturated rings. The minimum Gasteiger partial charge on any atom is -0.496 e. The molecule has 1 aliphatic heterocycles. The van der Waals surface area contributed by atoms with Crippen LogP contribution in [0.25, 0.3) is 5.57 Å². The van der Waals surface area contributed by atoms with Crippen molar-refractivity contribution in [3.05, 3.63) is 34.6 Å². The van der Waals surface area contributed by atoms with Gasteiger partial charge in [-0.3, -0.25) is 0 Å². The number of aryl methyl sites for hydroxylation is 2. The van der Waals surface area contributed by atoms with Crippen LogP contribution in [0.1, 0.15) is 23.6 Å². The van der Waals surface area contributed by atoms with Crippen LogP contribution in [0.4, 0.5) is 4.79 Å². The van der Waals surface area contributed by atoms with Crippen molar-refractivity contribution in [3.8, 4) is 5.75 Å². The molecule has 0 saturated heterocycles. The maximum absolute atomic E-state index is 11.9. The van der Waals surface area contributed by atoms with Crippen LogP contribution in [0, 0.1) is 13.8 Å². The minimum atomic E-state index is -0.369. The number of carbonyl (C=O) groups excluding carboxylic acids is 1. The van der Waals surface area contributed by atoms with Crippen LogP contribution in [0.15, 0.2) is 17.9 Å². The number of rotatable bonds is 3. The molecule has 5 heteroatoms. The van der Waals surface area contributed by atoms with Gasteiger partial charge in [-0.05, 0) is 38.0 Å². The number of carbonyl (C=O) groups is 1. The van der Waals surface area contributed by atoms with Crippen LogP contribution in [0.2, 0.25) is 0 Å². The van der Waals surface area contributed by atoms with Crippen molar-refractivity contribution in [2.75, 3.05) is 27.7 Å². The lowest BCUT2D eigenvalue weighted by Gasteiger charge is -2.18. The van der Waals surface area contributed by atoms with Crippen LogP contribution in [0.5, 0.6) is 5.75 Å². The summed E-state index contributed by atoms with van der Waals surface area (Å²) in [6.07, 6.45) is -0.369. The van der Waals surface area contributed by atoms with Crippen molar-refractivity contribution in [1.82, 2.24) is 10.2 Å². The largest absolute Gasteiger partial charge is 0.496 e. The smallest absolute Gasteiger partial charge is 0.414 e. The SMILES string of the molecule is COc1cc(C)cc(C)c1C1=C(OC(=O)N(C)C)C(C)NC1. The zero-order valence-electron chi connectivity index (χ0n) is 14.1. The van der Waals surface area contributed by atoms with E-state index in [4.69, 9.17) is 9.47 Å². The fourth-order valence-corrected chi connectivity index (χ4v) is 2.72. The van der Waals surface area contributed by atoms with Crippen LogP contribution in [-0.2, 0) is 4.74 Å². The van der Waals surface area contributed by atoms with E-state index in [9.17, 15) is 4.79 Å². The molecule has 1 unspecified atom stereocenters. The summed E-state index contributed by atoms with van der Waals surface area (Å²) in [6.45, 7) is 6.72. The van der Waals surface area contributed by atoms with E-state index < -0.39 is 0 Å². The lowest BCUT2D eigenvalue weighted by atomic mass is 9.97. The Balaban J connectivity index is 2.53. The summed E-state index contributed by atoms with van der Waals surface area (Å²) < 4.78 is 11.1. The Morgan fingerprint density at radius 2 is 2.00 bits per heavy atom. The van der Waals surface area contributed by atoms with Gasteiger partial charge in [0.05, 0.1) is 13.2 Å². The maximum Gasteiger partial charge on any atom is 0.414 e. The van der Waals surface area contributed by atoms with Gasteiger partial charge in [-0.25, -0.2) is 4.79 Å². The summed E-state index contributed by atoms with van der Waals surface area (Å²) in [7, 11) is 5.01. The monoisotopic (exact) mass is 304 g/mol. The summed E-state index contributed by atoms with van der Waals surface area (Å²) in [5.41, 5.74) is 4.24. The fourth-order valence-electron chi connectivity index (χ4n) is 2.72. The van der Waals surface area contributed by atoms with Crippen LogP contribution in [-0.4, -0.2) is 44.8 Å². The average molecular weight is 304 g/mol. The first kappa shape index (κ1) is 16.4. The summed E-state index contributed by atoms with van der Waals surface area (Å²) in [6, 6.07) is 4.10. The number of hydrogen-bond acceptors (Lipinski definition) is 4. The standard InChI is InChI=1S/C17H24N2O3/c1-10-7-11(2)15(14(8-10)21-6)13-9-18-12(3)16(13)22-17(20)19(4)5/h7-8,12,18H,9H2,1-6H3. The highest BCUT2D eigenvalue weighted by atomic mass is 16.6. The van der Waals surface area contributed by atoms with Crippen LogP contribution in [0.3, 0.4) is 0 Å². The minimum absolute atomic E-state index is 0.00990. The summed E-state index contributed by atoms with van der Waals surface area (Å²) in [5.74, 6) is 1.48. The van der Waals surface area contributed by atoms with E-state index in [1.807, 2.05) is 26.8 Å². The maximum atomic E-state index is 11.9. The average Bonchev–Trinajstić information content (AvgIpc) is 2.79. The molecule has 0 radical (unpaired) electrons. The molecule has 5 nitrogen and oxygen atoms in total. The fraction of sp³-hybridized carbons (Fsp3) is 0.471. The van der Waals surface area contributed by atoms with Gasteiger partial charge in [0.25, 0.3) is 0 Å². The molecule has 0 bridgehead atoms. The first-order chi connectivity index (χ1) is 10.3. The third-order valence-corrected chi connectivity index (χ3v) is 3.80. The topological polar surface area (TPSA) is 50.8 Å². The van der Waals surface area contributed by atoms with E-state index in [1.165, 1.54) is 4.90 Å². The second-order valence-electron chi connectivity index (χ2n) is 5.87. The van der Waals surface area contributed by atoms with Crippen molar-refractivity contribution in [2.24, 2.45) is 0 Å². The Bertz CT molecular complexity index is 621. The van der Waals surface area contributed by atoms with Crippen molar-refractivity contribution in [2.45, 2.75) is 26.8 Å². The summed E-state index contributed by atoms with van der Waals surface area (Å²) in [4.78, 5) is 13.4. The van der Waals surface area contributed by atoms with Crippen molar-refractivity contribution in [3.63, 3.8) is 0 Å². The van der Waals surface area contributed by atoms with Gasteiger partial charge in [-0.2, -0.15) is 0 Å². The summed E-state index contributed by atoms with van der Waals surface area (Å²) in [5, 5.41) is 3.33. The molecular weight excluding hydrogens is 280 g/mol. The number of nitrogens with zero attached hydrogens (tertiary/aromatic N) is 1. The van der Waals surface area contributed by atoms with Gasteiger partial charge < -0.3 is 19.7 Å². The van der Waals surface area contributed by atoms with Gasteiger partial charge in [-0.15, -0.1) is 0 Å². The molecule has 120 valence electrons. The van der Waals surface area contributed by atoms with Crippen molar-refractivity contribution < 1.29 is 14.3 Å². The van der Waals surface area contributed by atoms with Crippen molar-refractivity contribution in [1.29, 1.82) is 0 Å². The number of benzene rings is 1. The second-order valence-corrected chi connectivity index (χ2v) is 5.87. The Labute approximate surface area is 131 Å². The van der Waals surface area contributed by atoms with E-state index in [0.717, 1.165) is 28.0 Å². The van der Waals surface area contributed by atoms with Gasteiger partial charge in [0.2, 0.25) is 0 Å². The number of methoxy groups -OCH3 is 1. The Hall–Kier alpha value is -2.01. The second kappa shape index (κ2) is 6.40. The first-order valence-corrected chi connectivity index (χ1v) is 7.36. The highest BCUT2D eigenvalue weighted by Gasteiger charge is 2.29. The van der Waals surface area contributed by atoms with Crippen LogP contribution < -0.4 is 10.1 Å². The molecule has 0 spiro atoms. The van der Waals surface area contributed by atoms with E-state index in [-0.39, 0.29) is 12.1 Å². The Morgan fingerprint density at radius 1 is 1.32 bits per heavy atom. The quantitative estimate of drug-likeness (QED) is 0.933. The number of ether oxygens (including phenoxy) is 2. The van der Waals surface area contributed by atoms with Gasteiger partial charge in [0.1, 0.15) is 11.5 Å². The molecule has 1 atom stereocenters. The normalized spacial score (nSPS) is 17.6. The number of hydrogen-bond donors (Lipinski definition) is 1. The predicted octanol–water partition coefficient (Wildman–Crippen LogP) is 2.71. The zero-order chi connectivity index (χ0) is 16.4. The molecule has 0 aromatic heterocycles.